The van der Waals surface area contributed by atoms with E-state index >= 15 is 0 Å². The van der Waals surface area contributed by atoms with Crippen LogP contribution in [-0.2, 0) is 24.3 Å². The van der Waals surface area contributed by atoms with Crippen LogP contribution in [0.3, 0.4) is 0 Å². The molecule has 10 heteroatoms. The predicted molar refractivity (Wildman–Crippen MR) is 118 cm³/mol. The normalized spacial score (nSPS) is 16.1. The lowest BCUT2D eigenvalue weighted by Crippen LogP contribution is -2.38. The highest BCUT2D eigenvalue weighted by Crippen LogP contribution is 2.38. The largest absolute Gasteiger partial charge is 0.334 e. The topological polar surface area (TPSA) is 80.1 Å². The third-order valence-electron chi connectivity index (χ3n) is 5.25. The summed E-state index contributed by atoms with van der Waals surface area (Å²) in [4.78, 5) is 36.8. The van der Waals surface area contributed by atoms with Crippen molar-refractivity contribution in [1.82, 2.24) is 19.4 Å². The average molecular weight is 540 g/mol. The molecule has 2 aromatic heterocycles. The Morgan fingerprint density at radius 1 is 1.34 bits per heavy atom. The van der Waals surface area contributed by atoms with Gasteiger partial charge in [0.15, 0.2) is 11.2 Å². The number of nitrogens with zero attached hydrogens (tertiary/aromatic N) is 4. The van der Waals surface area contributed by atoms with Gasteiger partial charge in [-0.15, -0.1) is 11.3 Å². The van der Waals surface area contributed by atoms with Crippen molar-refractivity contribution in [1.29, 1.82) is 0 Å². The van der Waals surface area contributed by atoms with E-state index < -0.39 is 6.04 Å². The van der Waals surface area contributed by atoms with Crippen molar-refractivity contribution in [2.45, 2.75) is 32.0 Å². The maximum absolute atomic E-state index is 13.3. The van der Waals surface area contributed by atoms with Crippen molar-refractivity contribution in [2.24, 2.45) is 0 Å². The fourth-order valence-corrected chi connectivity index (χ4v) is 5.58. The Labute approximate surface area is 189 Å². The van der Waals surface area contributed by atoms with Crippen LogP contribution in [0.4, 0.5) is 5.13 Å². The van der Waals surface area contributed by atoms with Crippen molar-refractivity contribution in [3.63, 3.8) is 0 Å². The number of halogens is 2. The van der Waals surface area contributed by atoms with E-state index in [9.17, 15) is 9.59 Å². The lowest BCUT2D eigenvalue weighted by molar-refractivity contribution is -0.121. The number of aromatic nitrogens is 3. The number of rotatable bonds is 4. The van der Waals surface area contributed by atoms with Gasteiger partial charge >= 0.3 is 0 Å². The summed E-state index contributed by atoms with van der Waals surface area (Å²) in [7, 11) is 0. The molecule has 1 N–H and O–H groups in total. The second-order valence-electron chi connectivity index (χ2n) is 6.95. The first-order chi connectivity index (χ1) is 14.0. The van der Waals surface area contributed by atoms with Gasteiger partial charge in [0.25, 0.3) is 11.8 Å². The van der Waals surface area contributed by atoms with Crippen molar-refractivity contribution in [3.05, 3.63) is 61.1 Å². The molecule has 0 radical (unpaired) electrons. The minimum atomic E-state index is -0.845. The van der Waals surface area contributed by atoms with Gasteiger partial charge in [-0.3, -0.25) is 14.9 Å². The number of hydrogen-bond donors (Lipinski definition) is 1. The van der Waals surface area contributed by atoms with Gasteiger partial charge < -0.3 is 9.47 Å². The van der Waals surface area contributed by atoms with E-state index in [0.29, 0.717) is 21.4 Å². The highest BCUT2D eigenvalue weighted by atomic mass is 127. The molecule has 0 fully saturated rings. The summed E-state index contributed by atoms with van der Waals surface area (Å²) in [5.74, 6) is -0.528. The van der Waals surface area contributed by atoms with E-state index in [1.165, 1.54) is 11.3 Å². The maximum atomic E-state index is 13.3. The Hall–Kier alpha value is -1.98. The van der Waals surface area contributed by atoms with Crippen LogP contribution in [0.5, 0.6) is 0 Å². The third kappa shape index (κ3) is 3.24. The molecular formula is C19H15ClIN5O2S. The SMILES string of the molecule is O=C(Nc1nccs1)[C@@H](c1ncn2c1CCC2)N1Cc2c(Cl)cc(I)cc2C1=O. The zero-order chi connectivity index (χ0) is 20.1. The average Bonchev–Trinajstić information content (AvgIpc) is 3.44. The molecule has 0 spiro atoms. The van der Waals surface area contributed by atoms with Crippen molar-refractivity contribution < 1.29 is 9.59 Å². The van der Waals surface area contributed by atoms with E-state index in [1.54, 1.807) is 22.8 Å². The molecule has 148 valence electrons. The van der Waals surface area contributed by atoms with Crippen molar-refractivity contribution in [3.8, 4) is 0 Å². The van der Waals surface area contributed by atoms with Crippen LogP contribution in [-0.4, -0.2) is 31.2 Å². The summed E-state index contributed by atoms with van der Waals surface area (Å²) in [5.41, 5.74) is 2.93. The minimum absolute atomic E-state index is 0.209. The van der Waals surface area contributed by atoms with Crippen LogP contribution in [0.2, 0.25) is 5.02 Å². The van der Waals surface area contributed by atoms with E-state index in [-0.39, 0.29) is 18.4 Å². The van der Waals surface area contributed by atoms with E-state index in [4.69, 9.17) is 11.6 Å². The van der Waals surface area contributed by atoms with Crippen molar-refractivity contribution >= 4 is 62.5 Å². The molecule has 2 amide bonds. The fraction of sp³-hybridized carbons (Fsp3) is 0.263. The number of nitrogens with one attached hydrogen (secondary N) is 1. The van der Waals surface area contributed by atoms with E-state index in [0.717, 1.165) is 34.2 Å². The molecule has 0 unspecified atom stereocenters. The second kappa shape index (κ2) is 7.37. The minimum Gasteiger partial charge on any atom is -0.334 e. The maximum Gasteiger partial charge on any atom is 0.255 e. The van der Waals surface area contributed by atoms with Gasteiger partial charge in [0, 0.05) is 50.1 Å². The molecule has 3 aromatic rings. The molecule has 0 saturated heterocycles. The Morgan fingerprint density at radius 3 is 3.00 bits per heavy atom. The zero-order valence-electron chi connectivity index (χ0n) is 15.1. The number of carbonyl (C=O) groups excluding carboxylic acids is 2. The van der Waals surface area contributed by atoms with Gasteiger partial charge in [-0.25, -0.2) is 9.97 Å². The van der Waals surface area contributed by atoms with Gasteiger partial charge in [0.05, 0.1) is 12.0 Å². The van der Waals surface area contributed by atoms with Crippen LogP contribution in [0.1, 0.15) is 39.8 Å². The monoisotopic (exact) mass is 539 g/mol. The third-order valence-corrected chi connectivity index (χ3v) is 6.90. The molecule has 4 heterocycles. The first-order valence-electron chi connectivity index (χ1n) is 9.06. The lowest BCUT2D eigenvalue weighted by atomic mass is 10.1. The molecule has 2 aliphatic heterocycles. The Kier molecular flexibility index (Phi) is 4.83. The molecule has 0 saturated carbocycles. The quantitative estimate of drug-likeness (QED) is 0.511. The van der Waals surface area contributed by atoms with Gasteiger partial charge in [-0.05, 0) is 47.6 Å². The van der Waals surface area contributed by atoms with E-state index in [1.807, 2.05) is 12.1 Å². The standard InChI is InChI=1S/C19H15ClIN5O2S/c20-13-7-10(21)6-11-12(13)8-26(18(11)28)16(17(27)24-19-22-3-5-29-19)15-14-2-1-4-25(14)9-23-15/h3,5-7,9,16H,1-2,4,8H2,(H,22,24,27)/t16-/m1/s1. The molecule has 0 bridgehead atoms. The molecule has 2 aliphatic rings. The number of thiazole rings is 1. The smallest absolute Gasteiger partial charge is 0.255 e. The molecule has 29 heavy (non-hydrogen) atoms. The molecule has 7 nitrogen and oxygen atoms in total. The Balaban J connectivity index is 1.56. The fourth-order valence-electron chi connectivity index (χ4n) is 3.97. The zero-order valence-corrected chi connectivity index (χ0v) is 18.8. The predicted octanol–water partition coefficient (Wildman–Crippen LogP) is 3.88. The highest BCUT2D eigenvalue weighted by Gasteiger charge is 2.41. The number of aryl methyl sites for hydroxylation is 1. The summed E-state index contributed by atoms with van der Waals surface area (Å²) >= 11 is 9.88. The van der Waals surface area contributed by atoms with Gasteiger partial charge in [0.1, 0.15) is 0 Å². The summed E-state index contributed by atoms with van der Waals surface area (Å²) in [6.07, 6.45) is 5.22. The first-order valence-corrected chi connectivity index (χ1v) is 11.4. The number of amides is 2. The number of carbonyl (C=O) groups is 2. The number of anilines is 1. The summed E-state index contributed by atoms with van der Waals surface area (Å²) in [6.45, 7) is 1.15. The van der Waals surface area contributed by atoms with E-state index in [2.05, 4.69) is 42.4 Å². The number of hydrogen-bond acceptors (Lipinski definition) is 5. The molecular weight excluding hydrogens is 525 g/mol. The number of fused-ring (bicyclic) bond motifs is 2. The van der Waals surface area contributed by atoms with Crippen molar-refractivity contribution in [2.75, 3.05) is 5.32 Å². The van der Waals surface area contributed by atoms with Gasteiger partial charge in [0.2, 0.25) is 0 Å². The summed E-state index contributed by atoms with van der Waals surface area (Å²) in [5, 5.41) is 5.66. The Bertz CT molecular complexity index is 1130. The lowest BCUT2D eigenvalue weighted by Gasteiger charge is -2.26. The summed E-state index contributed by atoms with van der Waals surface area (Å²) < 4.78 is 2.94. The molecule has 1 aromatic carbocycles. The number of imidazole rings is 1. The second-order valence-corrected chi connectivity index (χ2v) is 9.50. The highest BCUT2D eigenvalue weighted by molar-refractivity contribution is 14.1. The van der Waals surface area contributed by atoms with Crippen LogP contribution in [0.15, 0.2) is 30.0 Å². The molecule has 1 atom stereocenters. The van der Waals surface area contributed by atoms with Crippen LogP contribution < -0.4 is 5.32 Å². The Morgan fingerprint density at radius 2 is 2.21 bits per heavy atom. The van der Waals surface area contributed by atoms with Crippen LogP contribution in [0, 0.1) is 3.57 Å². The molecule has 5 rings (SSSR count). The first kappa shape index (κ1) is 19.0. The number of benzene rings is 1. The summed E-state index contributed by atoms with van der Waals surface area (Å²) in [6, 6.07) is 2.80. The van der Waals surface area contributed by atoms with Crippen LogP contribution >= 0.6 is 45.5 Å². The molecule has 0 aliphatic carbocycles. The van der Waals surface area contributed by atoms with Gasteiger partial charge in [-0.1, -0.05) is 11.6 Å². The van der Waals surface area contributed by atoms with Gasteiger partial charge in [-0.2, -0.15) is 0 Å². The van der Waals surface area contributed by atoms with Crippen LogP contribution in [0.25, 0.3) is 0 Å².